The molecule has 0 unspecified atom stereocenters. The Kier molecular flexibility index (Phi) is 8.39. The average Bonchev–Trinajstić information content (AvgIpc) is 3.93. The zero-order chi connectivity index (χ0) is 38.3. The second-order valence-electron chi connectivity index (χ2n) is 13.9. The van der Waals surface area contributed by atoms with Gasteiger partial charge in [-0.3, -0.25) is 9.55 Å². The minimum Gasteiger partial charge on any atom is -0.656 e. The van der Waals surface area contributed by atoms with Crippen LogP contribution in [0.2, 0.25) is 0 Å². The van der Waals surface area contributed by atoms with Crippen molar-refractivity contribution in [3.8, 4) is 45.1 Å². The zero-order valence-electron chi connectivity index (χ0n) is 30.2. The number of hydrogen-bond acceptors (Lipinski definition) is 3. The third-order valence-electron chi connectivity index (χ3n) is 10.7. The van der Waals surface area contributed by atoms with Gasteiger partial charge in [0.25, 0.3) is 0 Å². The third-order valence-corrected chi connectivity index (χ3v) is 10.7. The molecule has 0 saturated carbocycles. The molecule has 10 heteroatoms. The van der Waals surface area contributed by atoms with Crippen LogP contribution in [0.1, 0.15) is 5.56 Å². The van der Waals surface area contributed by atoms with Crippen molar-refractivity contribution in [1.82, 2.24) is 29.1 Å². The molecule has 280 valence electrons. The number of benzene rings is 6. The van der Waals surface area contributed by atoms with Crippen LogP contribution in [-0.2, 0) is 27.2 Å². The van der Waals surface area contributed by atoms with Gasteiger partial charge in [0.15, 0.2) is 0 Å². The van der Waals surface area contributed by atoms with Crippen molar-refractivity contribution >= 4 is 54.6 Å². The average molecular weight is 940 g/mol. The van der Waals surface area contributed by atoms with Crippen molar-refractivity contribution in [2.24, 2.45) is 0 Å². The van der Waals surface area contributed by atoms with Gasteiger partial charge in [0.05, 0.1) is 16.6 Å². The fourth-order valence-corrected chi connectivity index (χ4v) is 8.09. The Labute approximate surface area is 343 Å². The number of aromatic nitrogens is 6. The number of pyridine rings is 2. The van der Waals surface area contributed by atoms with Crippen LogP contribution in [0.3, 0.4) is 0 Å². The molecule has 0 saturated heterocycles. The molecule has 58 heavy (non-hydrogen) atoms. The first-order valence-corrected chi connectivity index (χ1v) is 18.4. The molecule has 5 heterocycles. The van der Waals surface area contributed by atoms with Crippen molar-refractivity contribution < 1.29 is 34.2 Å². The number of halogens is 3. The SMILES string of the molecule is FC(F)(F)c1ccc2[n-]c3c(-c4nc5c(-c6[c-]c7c(cc6)c6cc(-c8ccncc8)ccc6n7-c6ccccn6)cccc5n4-c4ccccc4)cccc3c2c1.[Pt+2]. The van der Waals surface area contributed by atoms with E-state index in [-0.39, 0.29) is 21.1 Å². The van der Waals surface area contributed by atoms with Crippen molar-refractivity contribution in [3.63, 3.8) is 0 Å². The molecule has 0 aliphatic carbocycles. The second-order valence-corrected chi connectivity index (χ2v) is 13.9. The van der Waals surface area contributed by atoms with E-state index >= 15 is 0 Å². The molecule has 11 rings (SSSR count). The Balaban J connectivity index is 0.00000408. The molecule has 0 radical (unpaired) electrons. The van der Waals surface area contributed by atoms with Crippen LogP contribution in [-0.4, -0.2) is 24.1 Å². The van der Waals surface area contributed by atoms with E-state index in [1.165, 1.54) is 12.1 Å². The Bertz CT molecular complexity index is 3330. The summed E-state index contributed by atoms with van der Waals surface area (Å²) in [5.74, 6) is 1.40. The predicted molar refractivity (Wildman–Crippen MR) is 219 cm³/mol. The summed E-state index contributed by atoms with van der Waals surface area (Å²) in [7, 11) is 0. The molecule has 6 aromatic carbocycles. The second kappa shape index (κ2) is 13.7. The number of alkyl halides is 3. The number of hydrogen-bond donors (Lipinski definition) is 0. The molecule has 0 amide bonds. The first-order chi connectivity index (χ1) is 27.9. The van der Waals surface area contributed by atoms with Crippen LogP contribution in [0.15, 0.2) is 164 Å². The van der Waals surface area contributed by atoms with E-state index in [0.29, 0.717) is 33.2 Å². The molecular weight excluding hydrogens is 913 g/mol. The number of para-hydroxylation sites is 3. The summed E-state index contributed by atoms with van der Waals surface area (Å²) in [6, 6.07) is 49.7. The molecule has 0 spiro atoms. The van der Waals surface area contributed by atoms with E-state index in [0.717, 1.165) is 72.7 Å². The largest absolute Gasteiger partial charge is 2.00 e. The maximum absolute atomic E-state index is 13.8. The zero-order valence-corrected chi connectivity index (χ0v) is 32.5. The molecule has 0 aliphatic heterocycles. The minimum atomic E-state index is -4.47. The van der Waals surface area contributed by atoms with E-state index in [4.69, 9.17) is 15.0 Å². The van der Waals surface area contributed by atoms with Gasteiger partial charge in [-0.15, -0.1) is 34.8 Å². The number of imidazole rings is 1. The van der Waals surface area contributed by atoms with Gasteiger partial charge in [0.2, 0.25) is 0 Å². The summed E-state index contributed by atoms with van der Waals surface area (Å²) in [5.41, 5.74) is 9.36. The Morgan fingerprint density at radius 3 is 2.21 bits per heavy atom. The molecular formula is C48H27F3N6Pt. The maximum Gasteiger partial charge on any atom is 2.00 e. The number of fused-ring (bicyclic) bond motifs is 7. The van der Waals surface area contributed by atoms with Crippen LogP contribution < -0.4 is 4.98 Å². The van der Waals surface area contributed by atoms with Gasteiger partial charge in [-0.25, -0.2) is 9.97 Å². The summed E-state index contributed by atoms with van der Waals surface area (Å²) in [4.78, 5) is 19.2. The van der Waals surface area contributed by atoms with Crippen LogP contribution in [0.5, 0.6) is 0 Å². The topological polar surface area (TPSA) is 62.6 Å². The van der Waals surface area contributed by atoms with Crippen LogP contribution in [0, 0.1) is 6.07 Å². The Hall–Kier alpha value is -6.83. The maximum atomic E-state index is 13.8. The predicted octanol–water partition coefficient (Wildman–Crippen LogP) is 12.0. The number of nitrogens with zero attached hydrogens (tertiary/aromatic N) is 6. The van der Waals surface area contributed by atoms with Gasteiger partial charge in [-0.1, -0.05) is 89.8 Å². The smallest absolute Gasteiger partial charge is 0.656 e. The fourth-order valence-electron chi connectivity index (χ4n) is 8.09. The van der Waals surface area contributed by atoms with Gasteiger partial charge >= 0.3 is 27.2 Å². The van der Waals surface area contributed by atoms with Crippen LogP contribution in [0.25, 0.3) is 99.8 Å². The molecule has 0 N–H and O–H groups in total. The summed E-state index contributed by atoms with van der Waals surface area (Å²) < 4.78 is 45.6. The molecule has 0 aliphatic rings. The summed E-state index contributed by atoms with van der Waals surface area (Å²) in [6.07, 6.45) is 0.921. The molecule has 5 aromatic heterocycles. The van der Waals surface area contributed by atoms with Gasteiger partial charge in [-0.05, 0) is 87.4 Å². The normalized spacial score (nSPS) is 11.9. The van der Waals surface area contributed by atoms with Gasteiger partial charge in [0.1, 0.15) is 11.6 Å². The van der Waals surface area contributed by atoms with Crippen LogP contribution in [0.4, 0.5) is 13.2 Å². The summed E-state index contributed by atoms with van der Waals surface area (Å²) in [6.45, 7) is 0. The van der Waals surface area contributed by atoms with E-state index in [2.05, 4.69) is 56.6 Å². The van der Waals surface area contributed by atoms with E-state index in [9.17, 15) is 13.2 Å². The first kappa shape index (κ1) is 35.6. The van der Waals surface area contributed by atoms with E-state index in [1.807, 2.05) is 91.0 Å². The number of rotatable bonds is 5. The molecule has 0 fully saturated rings. The van der Waals surface area contributed by atoms with Gasteiger partial charge in [0, 0.05) is 35.4 Å². The van der Waals surface area contributed by atoms with Crippen molar-refractivity contribution in [1.29, 1.82) is 0 Å². The molecule has 0 atom stereocenters. The standard InChI is InChI=1S/C48H27F3N6.Pt/c49-48(50,51)32-17-19-40-38(28-32)36-11-6-12-37(45(36)54-40)47-55-46-34(10-7-13-42(46)56(47)33-8-2-1-3-9-33)31-15-18-35-39-26-30(29-21-24-52-25-22-29)16-20-41(39)57(43(35)27-31)44-14-4-5-23-53-44;/h1-26,28H;/q-2;+2. The molecule has 11 aromatic rings. The van der Waals surface area contributed by atoms with E-state index < -0.39 is 11.7 Å². The summed E-state index contributed by atoms with van der Waals surface area (Å²) >= 11 is 0. The minimum absolute atomic E-state index is 0. The molecule has 0 bridgehead atoms. The quantitative estimate of drug-likeness (QED) is 0.161. The van der Waals surface area contributed by atoms with Gasteiger partial charge in [-0.2, -0.15) is 13.2 Å². The van der Waals surface area contributed by atoms with Crippen molar-refractivity contribution in [2.45, 2.75) is 6.18 Å². The van der Waals surface area contributed by atoms with Crippen molar-refractivity contribution in [3.05, 3.63) is 176 Å². The van der Waals surface area contributed by atoms with Crippen LogP contribution >= 0.6 is 0 Å². The Morgan fingerprint density at radius 1 is 0.586 bits per heavy atom. The Morgan fingerprint density at radius 2 is 1.40 bits per heavy atom. The third kappa shape index (κ3) is 5.64. The van der Waals surface area contributed by atoms with Crippen molar-refractivity contribution in [2.75, 3.05) is 0 Å². The molecule has 6 nitrogen and oxygen atoms in total. The van der Waals surface area contributed by atoms with Gasteiger partial charge < -0.3 is 9.55 Å². The monoisotopic (exact) mass is 939 g/mol. The fraction of sp³-hybridized carbons (Fsp3) is 0.0208. The summed E-state index contributed by atoms with van der Waals surface area (Å²) in [5, 5.41) is 3.19. The van der Waals surface area contributed by atoms with E-state index in [1.54, 1.807) is 18.6 Å². The first-order valence-electron chi connectivity index (χ1n) is 18.4.